The molecule has 33 heavy (non-hydrogen) atoms. The zero-order chi connectivity index (χ0) is 25.9. The van der Waals surface area contributed by atoms with Gasteiger partial charge >= 0.3 is 5.97 Å². The van der Waals surface area contributed by atoms with Crippen LogP contribution in [0.2, 0.25) is 0 Å². The van der Waals surface area contributed by atoms with Crippen molar-refractivity contribution in [1.29, 1.82) is 0 Å². The Morgan fingerprint density at radius 3 is 1.73 bits per heavy atom. The third-order valence-electron chi connectivity index (χ3n) is 5.71. The summed E-state index contributed by atoms with van der Waals surface area (Å²) >= 11 is 0. The van der Waals surface area contributed by atoms with Gasteiger partial charge in [-0.2, -0.15) is 0 Å². The molecule has 0 heterocycles. The van der Waals surface area contributed by atoms with Crippen molar-refractivity contribution >= 4 is 29.6 Å². The Bertz CT molecular complexity index is 699. The molecule has 6 atom stereocenters. The van der Waals surface area contributed by atoms with E-state index in [9.17, 15) is 29.1 Å². The highest BCUT2D eigenvalue weighted by atomic mass is 16.4. The van der Waals surface area contributed by atoms with Crippen molar-refractivity contribution in [3.8, 4) is 0 Å². The second-order valence-corrected chi connectivity index (χ2v) is 9.04. The molecule has 8 N–H and O–H groups in total. The van der Waals surface area contributed by atoms with Gasteiger partial charge in [0, 0.05) is 0 Å². The van der Waals surface area contributed by atoms with Gasteiger partial charge < -0.3 is 32.5 Å². The van der Waals surface area contributed by atoms with Crippen molar-refractivity contribution in [3.05, 3.63) is 0 Å². The van der Waals surface area contributed by atoms with Gasteiger partial charge in [0.05, 0.1) is 12.5 Å². The second kappa shape index (κ2) is 14.5. The number of amides is 4. The van der Waals surface area contributed by atoms with E-state index in [2.05, 4.69) is 16.0 Å². The number of nitrogens with one attached hydrogen (secondary N) is 3. The second-order valence-electron chi connectivity index (χ2n) is 9.04. The first-order chi connectivity index (χ1) is 15.2. The lowest BCUT2D eigenvalue weighted by Crippen LogP contribution is -2.59. The largest absolute Gasteiger partial charge is 0.480 e. The lowest BCUT2D eigenvalue weighted by molar-refractivity contribution is -0.143. The highest BCUT2D eigenvalue weighted by molar-refractivity contribution is 5.96. The van der Waals surface area contributed by atoms with E-state index in [1.807, 2.05) is 20.8 Å². The average molecular weight is 472 g/mol. The zero-order valence-corrected chi connectivity index (χ0v) is 20.5. The summed E-state index contributed by atoms with van der Waals surface area (Å²) in [6.07, 6.45) is 0.854. The Morgan fingerprint density at radius 2 is 1.30 bits per heavy atom. The maximum atomic E-state index is 13.0. The topological polar surface area (TPSA) is 194 Å². The molecular formula is C22H41N5O6. The molecule has 190 valence electrons. The molecular weight excluding hydrogens is 430 g/mol. The summed E-state index contributed by atoms with van der Waals surface area (Å²) in [6, 6.07) is -4.41. The van der Waals surface area contributed by atoms with Crippen LogP contribution in [0.5, 0.6) is 0 Å². The molecule has 0 aromatic heterocycles. The van der Waals surface area contributed by atoms with Gasteiger partial charge in [-0.1, -0.05) is 54.4 Å². The average Bonchev–Trinajstić information content (AvgIpc) is 2.73. The first-order valence-corrected chi connectivity index (χ1v) is 11.4. The van der Waals surface area contributed by atoms with Crippen LogP contribution < -0.4 is 27.4 Å². The molecule has 6 unspecified atom stereocenters. The van der Waals surface area contributed by atoms with Crippen LogP contribution in [0.4, 0.5) is 0 Å². The third kappa shape index (κ3) is 10.6. The quantitative estimate of drug-likeness (QED) is 0.191. The Morgan fingerprint density at radius 1 is 0.788 bits per heavy atom. The number of primary amides is 1. The van der Waals surface area contributed by atoms with Gasteiger partial charge in [0.25, 0.3) is 0 Å². The van der Waals surface area contributed by atoms with Crippen LogP contribution >= 0.6 is 0 Å². The lowest BCUT2D eigenvalue weighted by Gasteiger charge is -2.28. The fraction of sp³-hybridized carbons (Fsp3) is 0.773. The predicted molar refractivity (Wildman–Crippen MR) is 124 cm³/mol. The fourth-order valence-corrected chi connectivity index (χ4v) is 3.10. The SMILES string of the molecule is CCC(C)C(N)C(=O)NC(C(=O)NC(CC(N)=O)C(=O)NC(CC(C)C)C(=O)O)C(C)CC. The Hall–Kier alpha value is -2.69. The van der Waals surface area contributed by atoms with Gasteiger partial charge in [-0.3, -0.25) is 19.2 Å². The summed E-state index contributed by atoms with van der Waals surface area (Å²) in [6.45, 7) is 10.9. The molecule has 0 bridgehead atoms. The molecule has 11 heteroatoms. The fourth-order valence-electron chi connectivity index (χ4n) is 3.10. The zero-order valence-electron chi connectivity index (χ0n) is 20.5. The van der Waals surface area contributed by atoms with Crippen LogP contribution in [-0.2, 0) is 24.0 Å². The van der Waals surface area contributed by atoms with Crippen molar-refractivity contribution in [1.82, 2.24) is 16.0 Å². The highest BCUT2D eigenvalue weighted by Gasteiger charge is 2.33. The third-order valence-corrected chi connectivity index (χ3v) is 5.71. The first-order valence-electron chi connectivity index (χ1n) is 11.4. The molecule has 4 amide bonds. The molecule has 0 aromatic rings. The van der Waals surface area contributed by atoms with E-state index in [0.717, 1.165) is 0 Å². The van der Waals surface area contributed by atoms with E-state index < -0.39 is 60.2 Å². The monoisotopic (exact) mass is 471 g/mol. The van der Waals surface area contributed by atoms with E-state index in [4.69, 9.17) is 11.5 Å². The summed E-state index contributed by atoms with van der Waals surface area (Å²) < 4.78 is 0. The van der Waals surface area contributed by atoms with Crippen molar-refractivity contribution in [2.24, 2.45) is 29.2 Å². The minimum Gasteiger partial charge on any atom is -0.480 e. The van der Waals surface area contributed by atoms with E-state index in [0.29, 0.717) is 12.8 Å². The van der Waals surface area contributed by atoms with Crippen LogP contribution in [0.3, 0.4) is 0 Å². The molecule has 0 aliphatic carbocycles. The Balaban J connectivity index is 5.61. The normalized spacial score (nSPS) is 16.6. The summed E-state index contributed by atoms with van der Waals surface area (Å²) in [4.78, 5) is 61.3. The number of hydrogen-bond donors (Lipinski definition) is 6. The maximum Gasteiger partial charge on any atom is 0.326 e. The van der Waals surface area contributed by atoms with Crippen molar-refractivity contribution in [2.75, 3.05) is 0 Å². The number of carboxylic acids is 1. The number of nitrogens with two attached hydrogens (primary N) is 2. The van der Waals surface area contributed by atoms with E-state index in [1.165, 1.54) is 0 Å². The van der Waals surface area contributed by atoms with Crippen LogP contribution in [0.15, 0.2) is 0 Å². The smallest absolute Gasteiger partial charge is 0.326 e. The number of aliphatic carboxylic acids is 1. The van der Waals surface area contributed by atoms with E-state index >= 15 is 0 Å². The van der Waals surface area contributed by atoms with Crippen molar-refractivity contribution in [2.45, 2.75) is 91.4 Å². The van der Waals surface area contributed by atoms with E-state index in [-0.39, 0.29) is 24.2 Å². The van der Waals surface area contributed by atoms with Crippen LogP contribution in [0, 0.1) is 17.8 Å². The van der Waals surface area contributed by atoms with Crippen molar-refractivity contribution in [3.63, 3.8) is 0 Å². The van der Waals surface area contributed by atoms with Gasteiger partial charge in [-0.15, -0.1) is 0 Å². The summed E-state index contributed by atoms with van der Waals surface area (Å²) in [5.41, 5.74) is 11.2. The highest BCUT2D eigenvalue weighted by Crippen LogP contribution is 2.12. The molecule has 0 rings (SSSR count). The summed E-state index contributed by atoms with van der Waals surface area (Å²) in [7, 11) is 0. The molecule has 0 radical (unpaired) electrons. The van der Waals surface area contributed by atoms with Gasteiger partial charge in [0.15, 0.2) is 0 Å². The minimum atomic E-state index is -1.39. The molecule has 0 spiro atoms. The molecule has 0 aliphatic heterocycles. The van der Waals surface area contributed by atoms with Crippen molar-refractivity contribution < 1.29 is 29.1 Å². The van der Waals surface area contributed by atoms with E-state index in [1.54, 1.807) is 20.8 Å². The number of carbonyl (C=O) groups is 5. The van der Waals surface area contributed by atoms with Gasteiger partial charge in [-0.25, -0.2) is 4.79 Å². The standard InChI is InChI=1S/C22H41N5O6/c1-7-12(5)17(24)20(30)27-18(13(6)8-2)21(31)25-14(10-16(23)28)19(29)26-15(22(32)33)9-11(3)4/h11-15,17-18H,7-10,24H2,1-6H3,(H2,23,28)(H,25,31)(H,26,29)(H,27,30)(H,32,33). The first kappa shape index (κ1) is 30.3. The molecule has 0 fully saturated rings. The van der Waals surface area contributed by atoms with Crippen LogP contribution in [0.25, 0.3) is 0 Å². The Labute approximate surface area is 195 Å². The predicted octanol–water partition coefficient (Wildman–Crippen LogP) is -0.134. The molecule has 0 saturated carbocycles. The number of carbonyl (C=O) groups excluding carboxylic acids is 4. The molecule has 0 aliphatic rings. The maximum absolute atomic E-state index is 13.0. The molecule has 0 aromatic carbocycles. The van der Waals surface area contributed by atoms with Crippen LogP contribution in [-0.4, -0.2) is 58.9 Å². The van der Waals surface area contributed by atoms with Crippen LogP contribution in [0.1, 0.15) is 67.2 Å². The lowest BCUT2D eigenvalue weighted by atomic mass is 9.95. The van der Waals surface area contributed by atoms with Gasteiger partial charge in [0.2, 0.25) is 23.6 Å². The molecule has 11 nitrogen and oxygen atoms in total. The summed E-state index contributed by atoms with van der Waals surface area (Å²) in [5.74, 6) is -4.54. The summed E-state index contributed by atoms with van der Waals surface area (Å²) in [5, 5.41) is 16.8. The Kier molecular flexibility index (Phi) is 13.3. The number of hydrogen-bond acceptors (Lipinski definition) is 6. The molecule has 0 saturated heterocycles. The minimum absolute atomic E-state index is 0.0182. The van der Waals surface area contributed by atoms with Gasteiger partial charge in [-0.05, 0) is 24.2 Å². The number of carboxylic acid groups (broad SMARTS) is 1. The van der Waals surface area contributed by atoms with Gasteiger partial charge in [0.1, 0.15) is 18.1 Å². The number of rotatable bonds is 15.